The van der Waals surface area contributed by atoms with E-state index in [9.17, 15) is 0 Å². The summed E-state index contributed by atoms with van der Waals surface area (Å²) in [5.41, 5.74) is 0.492. The first-order valence-corrected chi connectivity index (χ1v) is 7.87. The van der Waals surface area contributed by atoms with Crippen LogP contribution in [0.3, 0.4) is 0 Å². The summed E-state index contributed by atoms with van der Waals surface area (Å²) in [6.45, 7) is 4.79. The van der Waals surface area contributed by atoms with Crippen LogP contribution < -0.4 is 10.1 Å². The quantitative estimate of drug-likeness (QED) is 0.719. The Kier molecular flexibility index (Phi) is 4.61. The summed E-state index contributed by atoms with van der Waals surface area (Å²) in [5, 5.41) is 15.8. The van der Waals surface area contributed by atoms with Gasteiger partial charge in [-0.1, -0.05) is 6.92 Å². The molecule has 0 bridgehead atoms. The molecule has 7 nitrogen and oxygen atoms in total. The highest BCUT2D eigenvalue weighted by molar-refractivity contribution is 5.37. The minimum Gasteiger partial charge on any atom is -0.497 e. The Morgan fingerprint density at radius 2 is 2.04 bits per heavy atom. The summed E-state index contributed by atoms with van der Waals surface area (Å²) < 4.78 is 12.3. The van der Waals surface area contributed by atoms with Crippen LogP contribution in [0.25, 0.3) is 5.69 Å². The molecule has 3 aromatic rings. The van der Waals surface area contributed by atoms with Crippen LogP contribution in [-0.4, -0.2) is 27.3 Å². The van der Waals surface area contributed by atoms with Gasteiger partial charge in [-0.2, -0.15) is 4.68 Å². The van der Waals surface area contributed by atoms with Crippen molar-refractivity contribution in [2.75, 3.05) is 7.11 Å². The van der Waals surface area contributed by atoms with E-state index in [0.29, 0.717) is 6.54 Å². The van der Waals surface area contributed by atoms with Gasteiger partial charge in [0.15, 0.2) is 5.82 Å². The van der Waals surface area contributed by atoms with Gasteiger partial charge in [-0.15, -0.1) is 5.10 Å². The topological polar surface area (TPSA) is 78.0 Å². The lowest BCUT2D eigenvalue weighted by Crippen LogP contribution is -2.41. The van der Waals surface area contributed by atoms with Crippen LogP contribution in [0.15, 0.2) is 47.1 Å². The Labute approximate surface area is 140 Å². The van der Waals surface area contributed by atoms with Crippen molar-refractivity contribution in [1.29, 1.82) is 0 Å². The number of hydrogen-bond donors (Lipinski definition) is 1. The third-order valence-corrected chi connectivity index (χ3v) is 4.22. The number of aromatic nitrogens is 4. The van der Waals surface area contributed by atoms with E-state index in [1.165, 1.54) is 0 Å². The van der Waals surface area contributed by atoms with Crippen LogP contribution in [0.4, 0.5) is 0 Å². The molecule has 24 heavy (non-hydrogen) atoms. The molecule has 0 aliphatic heterocycles. The highest BCUT2D eigenvalue weighted by Crippen LogP contribution is 2.25. The van der Waals surface area contributed by atoms with Crippen molar-refractivity contribution in [3.63, 3.8) is 0 Å². The molecule has 0 saturated carbocycles. The van der Waals surface area contributed by atoms with Crippen LogP contribution in [0, 0.1) is 0 Å². The van der Waals surface area contributed by atoms with Gasteiger partial charge in [-0.25, -0.2) is 0 Å². The average Bonchev–Trinajstić information content (AvgIpc) is 3.31. The molecule has 2 heterocycles. The fourth-order valence-electron chi connectivity index (χ4n) is 2.49. The van der Waals surface area contributed by atoms with Gasteiger partial charge in [0.05, 0.1) is 31.1 Å². The molecule has 1 N–H and O–H groups in total. The van der Waals surface area contributed by atoms with Crippen molar-refractivity contribution < 1.29 is 9.15 Å². The highest BCUT2D eigenvalue weighted by atomic mass is 16.5. The van der Waals surface area contributed by atoms with Crippen molar-refractivity contribution >= 4 is 0 Å². The predicted molar refractivity (Wildman–Crippen MR) is 88.9 cm³/mol. The second-order valence-electron chi connectivity index (χ2n) is 5.73. The maximum Gasteiger partial charge on any atom is 0.176 e. The average molecular weight is 327 g/mol. The Morgan fingerprint density at radius 1 is 1.25 bits per heavy atom. The zero-order valence-electron chi connectivity index (χ0n) is 14.1. The summed E-state index contributed by atoms with van der Waals surface area (Å²) in [5.74, 6) is 2.42. The zero-order valence-corrected chi connectivity index (χ0v) is 14.1. The molecule has 7 heteroatoms. The summed E-state index contributed by atoms with van der Waals surface area (Å²) in [6.07, 6.45) is 2.49. The van der Waals surface area contributed by atoms with Crippen LogP contribution >= 0.6 is 0 Å². The predicted octanol–water partition coefficient (Wildman–Crippen LogP) is 2.68. The van der Waals surface area contributed by atoms with Gasteiger partial charge in [-0.05, 0) is 60.2 Å². The number of nitrogens with zero attached hydrogens (tertiary/aromatic N) is 4. The molecule has 0 saturated heterocycles. The van der Waals surface area contributed by atoms with E-state index in [0.717, 1.165) is 29.4 Å². The van der Waals surface area contributed by atoms with Gasteiger partial charge in [0.2, 0.25) is 0 Å². The normalized spacial score (nSPS) is 13.6. The van der Waals surface area contributed by atoms with E-state index in [1.807, 2.05) is 36.4 Å². The molecule has 2 aromatic heterocycles. The summed E-state index contributed by atoms with van der Waals surface area (Å²) >= 11 is 0. The highest BCUT2D eigenvalue weighted by Gasteiger charge is 2.31. The van der Waals surface area contributed by atoms with Crippen LogP contribution in [0.2, 0.25) is 0 Å². The number of tetrazole rings is 1. The van der Waals surface area contributed by atoms with E-state index in [2.05, 4.69) is 34.7 Å². The lowest BCUT2D eigenvalue weighted by Gasteiger charge is -2.28. The summed E-state index contributed by atoms with van der Waals surface area (Å²) in [7, 11) is 1.64. The molecule has 0 amide bonds. The summed E-state index contributed by atoms with van der Waals surface area (Å²) in [4.78, 5) is 0. The van der Waals surface area contributed by atoms with E-state index in [-0.39, 0.29) is 0 Å². The Hall–Kier alpha value is -2.67. The SMILES string of the molecule is CC[C@](C)(NCc1ccco1)c1nnnn1-c1ccc(OC)cc1. The van der Waals surface area contributed by atoms with Crippen molar-refractivity contribution in [3.05, 3.63) is 54.2 Å². The second kappa shape index (κ2) is 6.84. The fourth-order valence-corrected chi connectivity index (χ4v) is 2.49. The maximum absolute atomic E-state index is 5.40. The number of ether oxygens (including phenoxy) is 1. The van der Waals surface area contributed by atoms with Crippen molar-refractivity contribution in [2.24, 2.45) is 0 Å². The standard InChI is InChI=1S/C17H21N5O2/c1-4-17(2,18-12-15-6-5-11-24-15)16-19-20-21-22(16)13-7-9-14(23-3)10-8-13/h5-11,18H,4,12H2,1-3H3/t17-/m0/s1. The number of rotatable bonds is 7. The second-order valence-corrected chi connectivity index (χ2v) is 5.73. The molecule has 0 aliphatic rings. The van der Waals surface area contributed by atoms with Gasteiger partial charge < -0.3 is 9.15 Å². The van der Waals surface area contributed by atoms with Crippen molar-refractivity contribution in [3.8, 4) is 11.4 Å². The molecule has 1 aromatic carbocycles. The first kappa shape index (κ1) is 16.2. The monoisotopic (exact) mass is 327 g/mol. The van der Waals surface area contributed by atoms with Crippen molar-refractivity contribution in [1.82, 2.24) is 25.5 Å². The van der Waals surface area contributed by atoms with E-state index in [4.69, 9.17) is 9.15 Å². The lowest BCUT2D eigenvalue weighted by molar-refractivity contribution is 0.309. The molecule has 0 unspecified atom stereocenters. The molecule has 1 atom stereocenters. The Balaban J connectivity index is 1.87. The van der Waals surface area contributed by atoms with Crippen molar-refractivity contribution in [2.45, 2.75) is 32.4 Å². The summed E-state index contributed by atoms with van der Waals surface area (Å²) in [6, 6.07) is 11.5. The first-order chi connectivity index (χ1) is 11.7. The molecule has 3 rings (SSSR count). The zero-order chi connectivity index (χ0) is 17.0. The third-order valence-electron chi connectivity index (χ3n) is 4.22. The van der Waals surface area contributed by atoms with Crippen LogP contribution in [0.1, 0.15) is 31.9 Å². The third kappa shape index (κ3) is 3.16. The Morgan fingerprint density at radius 3 is 2.67 bits per heavy atom. The molecule has 0 aliphatic carbocycles. The minimum atomic E-state index is -0.393. The van der Waals surface area contributed by atoms with Gasteiger partial charge >= 0.3 is 0 Å². The molecule has 0 radical (unpaired) electrons. The smallest absolute Gasteiger partial charge is 0.176 e. The van der Waals surface area contributed by atoms with Gasteiger partial charge in [-0.3, -0.25) is 5.32 Å². The molecule has 0 spiro atoms. The molecular formula is C17H21N5O2. The lowest BCUT2D eigenvalue weighted by atomic mass is 9.97. The molecule has 0 fully saturated rings. The minimum absolute atomic E-state index is 0.393. The van der Waals surface area contributed by atoms with Gasteiger partial charge in [0, 0.05) is 0 Å². The maximum atomic E-state index is 5.40. The Bertz CT molecular complexity index is 767. The number of furan rings is 1. The van der Waals surface area contributed by atoms with E-state index < -0.39 is 5.54 Å². The number of nitrogens with one attached hydrogen (secondary N) is 1. The number of hydrogen-bond acceptors (Lipinski definition) is 6. The van der Waals surface area contributed by atoms with Crippen LogP contribution in [-0.2, 0) is 12.1 Å². The molecule has 126 valence electrons. The first-order valence-electron chi connectivity index (χ1n) is 7.87. The van der Waals surface area contributed by atoms with E-state index >= 15 is 0 Å². The van der Waals surface area contributed by atoms with Gasteiger partial charge in [0.1, 0.15) is 11.5 Å². The number of benzene rings is 1. The van der Waals surface area contributed by atoms with Gasteiger partial charge in [0.25, 0.3) is 0 Å². The van der Waals surface area contributed by atoms with Crippen LogP contribution in [0.5, 0.6) is 5.75 Å². The fraction of sp³-hybridized carbons (Fsp3) is 0.353. The molecular weight excluding hydrogens is 306 g/mol. The largest absolute Gasteiger partial charge is 0.497 e. The van der Waals surface area contributed by atoms with E-state index in [1.54, 1.807) is 18.1 Å². The number of methoxy groups -OCH3 is 1.